The highest BCUT2D eigenvalue weighted by Crippen LogP contribution is 2.41. The molecule has 1 heterocycles. The van der Waals surface area contributed by atoms with E-state index >= 15 is 0 Å². The standard InChI is InChI=1S/C39H39FN4O14/c1-18(2)35(39(57)42-26(15-32(50)51)28(47)17-40)44-37(55)25(11-12-31(48)49)41-38(56)27(16-33(52)53)43-36(54)22-6-4-3-5-21(22)34-23-9-7-19(45)13-29(23)58-30-14-20(46)8-10-24(30)34/h3-10,13-14,18,25-27,35,45H,11-12,15-17H2,1-2H3,(H,41,56)(H,42,57)(H,43,54)(H,44,55)(H,48,49)(H,50,51)(H,52,53)/t25-,26-,27-,35-/m0/s1. The van der Waals surface area contributed by atoms with Crippen LogP contribution in [-0.4, -0.2) is 98.6 Å². The number of carbonyl (C=O) groups is 8. The third-order valence-corrected chi connectivity index (χ3v) is 8.86. The predicted molar refractivity (Wildman–Crippen MR) is 200 cm³/mol. The van der Waals surface area contributed by atoms with Crippen LogP contribution in [0, 0.1) is 5.92 Å². The molecule has 0 saturated carbocycles. The summed E-state index contributed by atoms with van der Waals surface area (Å²) >= 11 is 0. The van der Waals surface area contributed by atoms with E-state index in [4.69, 9.17) is 9.52 Å². The summed E-state index contributed by atoms with van der Waals surface area (Å²) in [6.45, 7) is 1.32. The molecule has 306 valence electrons. The summed E-state index contributed by atoms with van der Waals surface area (Å²) in [5.74, 6) is -10.9. The van der Waals surface area contributed by atoms with Crippen molar-refractivity contribution in [3.8, 4) is 28.2 Å². The zero-order valence-electron chi connectivity index (χ0n) is 30.9. The average Bonchev–Trinajstić information content (AvgIpc) is 3.15. The number of hydrogen-bond donors (Lipinski definition) is 8. The number of rotatable bonds is 19. The second-order valence-electron chi connectivity index (χ2n) is 13.5. The minimum atomic E-state index is -1.87. The van der Waals surface area contributed by atoms with E-state index in [2.05, 4.69) is 21.3 Å². The molecule has 2 aromatic carbocycles. The summed E-state index contributed by atoms with van der Waals surface area (Å²) in [7, 11) is 0. The van der Waals surface area contributed by atoms with E-state index in [0.717, 1.165) is 0 Å². The minimum Gasteiger partial charge on any atom is -0.508 e. The zero-order valence-corrected chi connectivity index (χ0v) is 30.9. The van der Waals surface area contributed by atoms with Gasteiger partial charge >= 0.3 is 17.9 Å². The normalized spacial score (nSPS) is 13.2. The second-order valence-corrected chi connectivity index (χ2v) is 13.5. The molecule has 0 saturated heterocycles. The molecule has 1 aliphatic heterocycles. The van der Waals surface area contributed by atoms with Gasteiger partial charge in [-0.2, -0.15) is 0 Å². The largest absolute Gasteiger partial charge is 0.508 e. The van der Waals surface area contributed by atoms with E-state index in [-0.39, 0.29) is 33.6 Å². The molecular weight excluding hydrogens is 767 g/mol. The van der Waals surface area contributed by atoms with Crippen LogP contribution in [0.5, 0.6) is 5.75 Å². The molecule has 8 N–H and O–H groups in total. The number of hydrogen-bond acceptors (Lipinski definition) is 11. The molecule has 4 atom stereocenters. The van der Waals surface area contributed by atoms with Crippen LogP contribution < -0.4 is 26.7 Å². The first-order valence-corrected chi connectivity index (χ1v) is 17.6. The number of alkyl halides is 1. The smallest absolute Gasteiger partial charge is 0.305 e. The lowest BCUT2D eigenvalue weighted by atomic mass is 9.90. The molecule has 4 rings (SSSR count). The first-order chi connectivity index (χ1) is 27.4. The van der Waals surface area contributed by atoms with Crippen LogP contribution in [0.1, 0.15) is 49.9 Å². The number of Topliss-reactive ketones (excluding diaryl/α,β-unsaturated/α-hetero) is 1. The lowest BCUT2D eigenvalue weighted by Gasteiger charge is -2.27. The number of phenolic OH excluding ortho intramolecular Hbond substituents is 1. The molecule has 19 heteroatoms. The van der Waals surface area contributed by atoms with Gasteiger partial charge in [-0.3, -0.25) is 43.2 Å². The number of fused-ring (bicyclic) bond motifs is 2. The van der Waals surface area contributed by atoms with E-state index in [1.54, 1.807) is 12.1 Å². The SMILES string of the molecule is CC(C)[C@H](NC(=O)[C@H](CCC(=O)O)NC(=O)[C@H](CC(=O)O)NC(=O)c1ccccc1-c1c2ccc(=O)cc-2oc2cc(O)ccc12)C(=O)N[C@@H](CC(=O)O)C(=O)CF. The molecule has 1 aliphatic carbocycles. The number of amides is 4. The number of halogens is 1. The first kappa shape index (κ1) is 43.5. The molecule has 0 radical (unpaired) electrons. The van der Waals surface area contributed by atoms with Gasteiger partial charge < -0.3 is 46.1 Å². The van der Waals surface area contributed by atoms with Crippen molar-refractivity contribution in [3.05, 3.63) is 76.5 Å². The van der Waals surface area contributed by atoms with Crippen molar-refractivity contribution in [3.63, 3.8) is 0 Å². The number of carboxylic acid groups (broad SMARTS) is 3. The van der Waals surface area contributed by atoms with Crippen LogP contribution in [0.4, 0.5) is 4.39 Å². The summed E-state index contributed by atoms with van der Waals surface area (Å²) in [4.78, 5) is 113. The number of carbonyl (C=O) groups excluding carboxylic acids is 5. The monoisotopic (exact) mass is 806 g/mol. The van der Waals surface area contributed by atoms with Gasteiger partial charge in [0.05, 0.1) is 12.8 Å². The van der Waals surface area contributed by atoms with Crippen LogP contribution in [0.25, 0.3) is 33.4 Å². The Morgan fingerprint density at radius 2 is 1.34 bits per heavy atom. The van der Waals surface area contributed by atoms with E-state index in [1.807, 2.05) is 0 Å². The highest BCUT2D eigenvalue weighted by atomic mass is 19.1. The van der Waals surface area contributed by atoms with Gasteiger partial charge in [0.2, 0.25) is 17.7 Å². The third-order valence-electron chi connectivity index (χ3n) is 8.86. The molecule has 0 fully saturated rings. The number of aliphatic carboxylic acids is 3. The number of aromatic hydroxyl groups is 1. The summed E-state index contributed by atoms with van der Waals surface area (Å²) in [5.41, 5.74) is 0.728. The van der Waals surface area contributed by atoms with E-state index in [1.165, 1.54) is 62.4 Å². The molecule has 0 unspecified atom stereocenters. The molecule has 4 amide bonds. The number of ketones is 1. The number of benzene rings is 3. The molecule has 0 spiro atoms. The van der Waals surface area contributed by atoms with Gasteiger partial charge in [0.1, 0.15) is 47.9 Å². The first-order valence-electron chi connectivity index (χ1n) is 17.6. The Morgan fingerprint density at radius 1 is 0.707 bits per heavy atom. The van der Waals surface area contributed by atoms with E-state index in [0.29, 0.717) is 16.5 Å². The summed E-state index contributed by atoms with van der Waals surface area (Å²) in [6, 6.07) is 7.29. The Balaban J connectivity index is 1.65. The molecule has 18 nitrogen and oxygen atoms in total. The Labute approximate surface area is 327 Å². The number of phenols is 1. The van der Waals surface area contributed by atoms with E-state index < -0.39 is 110 Å². The summed E-state index contributed by atoms with van der Waals surface area (Å²) in [5, 5.41) is 47.7. The lowest BCUT2D eigenvalue weighted by molar-refractivity contribution is -0.142. The van der Waals surface area contributed by atoms with Gasteiger partial charge in [0.15, 0.2) is 11.2 Å². The maximum atomic E-state index is 14.0. The zero-order chi connectivity index (χ0) is 42.8. The fraction of sp³-hybridized carbons (Fsp3) is 0.308. The van der Waals surface area contributed by atoms with Gasteiger partial charge in [-0.1, -0.05) is 32.0 Å². The highest BCUT2D eigenvalue weighted by Gasteiger charge is 2.34. The minimum absolute atomic E-state index is 0.0721. The Hall–Kier alpha value is -7.18. The van der Waals surface area contributed by atoms with Gasteiger partial charge in [-0.05, 0) is 48.2 Å². The van der Waals surface area contributed by atoms with Crippen molar-refractivity contribution in [2.45, 2.75) is 63.7 Å². The van der Waals surface area contributed by atoms with Gasteiger partial charge in [0.25, 0.3) is 5.91 Å². The maximum Gasteiger partial charge on any atom is 0.305 e. The quantitative estimate of drug-likeness (QED) is 0.0628. The Bertz CT molecular complexity index is 2290. The van der Waals surface area contributed by atoms with Crippen LogP contribution in [0.3, 0.4) is 0 Å². The Morgan fingerprint density at radius 3 is 1.98 bits per heavy atom. The fourth-order valence-corrected chi connectivity index (χ4v) is 6.04. The highest BCUT2D eigenvalue weighted by molar-refractivity contribution is 6.10. The van der Waals surface area contributed by atoms with Crippen molar-refractivity contribution in [1.29, 1.82) is 0 Å². The van der Waals surface area contributed by atoms with Crippen LogP contribution in [0.15, 0.2) is 69.9 Å². The molecule has 2 aromatic rings. The van der Waals surface area contributed by atoms with Gasteiger partial charge in [-0.15, -0.1) is 0 Å². The predicted octanol–water partition coefficient (Wildman–Crippen LogP) is 1.83. The van der Waals surface area contributed by atoms with Crippen molar-refractivity contribution >= 4 is 58.3 Å². The average molecular weight is 807 g/mol. The van der Waals surface area contributed by atoms with Gasteiger partial charge in [0, 0.05) is 40.6 Å². The van der Waals surface area contributed by atoms with Crippen molar-refractivity contribution in [1.82, 2.24) is 21.3 Å². The fourth-order valence-electron chi connectivity index (χ4n) is 6.04. The molecule has 58 heavy (non-hydrogen) atoms. The van der Waals surface area contributed by atoms with Crippen LogP contribution >= 0.6 is 0 Å². The molecule has 2 aliphatic rings. The van der Waals surface area contributed by atoms with Crippen molar-refractivity contribution < 1.29 is 67.6 Å². The molecule has 0 aromatic heterocycles. The van der Waals surface area contributed by atoms with E-state index in [9.17, 15) is 62.9 Å². The summed E-state index contributed by atoms with van der Waals surface area (Å²) < 4.78 is 19.0. The van der Waals surface area contributed by atoms with Crippen LogP contribution in [0.2, 0.25) is 0 Å². The van der Waals surface area contributed by atoms with Crippen molar-refractivity contribution in [2.24, 2.45) is 5.92 Å². The number of carboxylic acids is 3. The van der Waals surface area contributed by atoms with Crippen molar-refractivity contribution in [2.75, 3.05) is 6.67 Å². The summed E-state index contributed by atoms with van der Waals surface area (Å²) in [6.07, 6.45) is -3.27. The third kappa shape index (κ3) is 11.0. The van der Waals surface area contributed by atoms with Gasteiger partial charge in [-0.25, -0.2) is 4.39 Å². The maximum absolute atomic E-state index is 14.0. The Kier molecular flexibility index (Phi) is 14.4. The second kappa shape index (κ2) is 19.1. The molecule has 0 bridgehead atoms. The topological polar surface area (TPSA) is 296 Å². The van der Waals surface area contributed by atoms with Crippen LogP contribution in [-0.2, 0) is 33.6 Å². The number of nitrogens with one attached hydrogen (secondary N) is 4. The lowest BCUT2D eigenvalue weighted by Crippen LogP contribution is -2.59. The molecular formula is C39H39FN4O14.